The highest BCUT2D eigenvalue weighted by atomic mass is 79.9. The number of benzene rings is 4. The largest absolute Gasteiger partial charge is 0.493 e. The summed E-state index contributed by atoms with van der Waals surface area (Å²) in [6, 6.07) is 22.6. The van der Waals surface area contributed by atoms with Crippen molar-refractivity contribution in [2.24, 2.45) is 0 Å². The summed E-state index contributed by atoms with van der Waals surface area (Å²) in [5, 5.41) is 6.10. The maximum atomic E-state index is 14.2. The van der Waals surface area contributed by atoms with Gasteiger partial charge in [-0.2, -0.15) is 0 Å². The second-order valence-electron chi connectivity index (χ2n) is 6.93. The minimum Gasteiger partial charge on any atom is -0.493 e. The first-order chi connectivity index (χ1) is 15.1. The normalized spacial score (nSPS) is 10.8. The van der Waals surface area contributed by atoms with Gasteiger partial charge in [0.15, 0.2) is 11.5 Å². The third kappa shape index (κ3) is 4.63. The van der Waals surface area contributed by atoms with Crippen LogP contribution in [0.1, 0.15) is 11.1 Å². The van der Waals surface area contributed by atoms with Gasteiger partial charge in [-0.15, -0.1) is 0 Å². The molecule has 0 saturated heterocycles. The molecule has 0 aliphatic heterocycles. The van der Waals surface area contributed by atoms with E-state index in [0.29, 0.717) is 28.6 Å². The fourth-order valence-electron chi connectivity index (χ4n) is 3.44. The molecular weight excluding hydrogens is 481 g/mol. The fourth-order valence-corrected chi connectivity index (χ4v) is 4.11. The zero-order chi connectivity index (χ0) is 21.8. The third-order valence-corrected chi connectivity index (χ3v) is 6.15. The molecule has 0 aliphatic carbocycles. The molecule has 0 unspecified atom stereocenters. The first-order valence-electron chi connectivity index (χ1n) is 9.71. The Kier molecular flexibility index (Phi) is 6.64. The van der Waals surface area contributed by atoms with Crippen molar-refractivity contribution in [2.45, 2.75) is 13.2 Å². The Morgan fingerprint density at radius 1 is 0.935 bits per heavy atom. The number of hydrogen-bond donors (Lipinski definition) is 1. The van der Waals surface area contributed by atoms with Crippen LogP contribution < -0.4 is 14.8 Å². The van der Waals surface area contributed by atoms with E-state index in [2.05, 4.69) is 39.4 Å². The second-order valence-corrected chi connectivity index (χ2v) is 8.19. The number of methoxy groups -OCH3 is 1. The summed E-state index contributed by atoms with van der Waals surface area (Å²) < 4.78 is 26.6. The maximum Gasteiger partial charge on any atom is 0.167 e. The lowest BCUT2D eigenvalue weighted by Crippen LogP contribution is -2.07. The number of anilines is 1. The molecule has 0 amide bonds. The summed E-state index contributed by atoms with van der Waals surface area (Å²) in [4.78, 5) is 0. The van der Waals surface area contributed by atoms with Gasteiger partial charge in [0.2, 0.25) is 0 Å². The molecule has 0 heterocycles. The molecule has 0 bridgehead atoms. The lowest BCUT2D eigenvalue weighted by atomic mass is 10.1. The molecule has 0 spiro atoms. The van der Waals surface area contributed by atoms with E-state index in [1.54, 1.807) is 19.2 Å². The van der Waals surface area contributed by atoms with E-state index < -0.39 is 5.82 Å². The lowest BCUT2D eigenvalue weighted by Gasteiger charge is -2.18. The molecule has 1 N–H and O–H groups in total. The Balaban J connectivity index is 1.64. The molecule has 31 heavy (non-hydrogen) atoms. The standard InChI is InChI=1S/C25H20BrClFNO2/c1-30-24-13-12-20(26)18(25(24)31-15-19-21(27)9-5-10-22(19)28)14-29-23-11-4-7-16-6-2-3-8-17(16)23/h2-13,29H,14-15H2,1H3. The van der Waals surface area contributed by atoms with E-state index in [9.17, 15) is 4.39 Å². The molecule has 4 aromatic carbocycles. The highest BCUT2D eigenvalue weighted by molar-refractivity contribution is 9.10. The summed E-state index contributed by atoms with van der Waals surface area (Å²) in [7, 11) is 1.58. The van der Waals surface area contributed by atoms with Crippen LogP contribution in [0.5, 0.6) is 11.5 Å². The van der Waals surface area contributed by atoms with E-state index in [4.69, 9.17) is 21.1 Å². The molecule has 6 heteroatoms. The van der Waals surface area contributed by atoms with Crippen molar-refractivity contribution in [3.8, 4) is 11.5 Å². The topological polar surface area (TPSA) is 30.5 Å². The van der Waals surface area contributed by atoms with Crippen LogP contribution in [0.2, 0.25) is 5.02 Å². The third-order valence-electron chi connectivity index (χ3n) is 5.05. The van der Waals surface area contributed by atoms with E-state index >= 15 is 0 Å². The molecule has 0 radical (unpaired) electrons. The maximum absolute atomic E-state index is 14.2. The Hall–Kier alpha value is -2.76. The van der Waals surface area contributed by atoms with E-state index in [1.165, 1.54) is 6.07 Å². The summed E-state index contributed by atoms with van der Waals surface area (Å²) in [5.74, 6) is 0.686. The second kappa shape index (κ2) is 9.58. The summed E-state index contributed by atoms with van der Waals surface area (Å²) in [6.07, 6.45) is 0. The quantitative estimate of drug-likeness (QED) is 0.283. The SMILES string of the molecule is COc1ccc(Br)c(CNc2cccc3ccccc23)c1OCc1c(F)cccc1Cl. The molecule has 0 aliphatic rings. The predicted molar refractivity (Wildman–Crippen MR) is 128 cm³/mol. The van der Waals surface area contributed by atoms with Crippen molar-refractivity contribution in [3.05, 3.63) is 99.2 Å². The smallest absolute Gasteiger partial charge is 0.167 e. The zero-order valence-electron chi connectivity index (χ0n) is 16.8. The molecule has 0 saturated carbocycles. The van der Waals surface area contributed by atoms with Gasteiger partial charge < -0.3 is 14.8 Å². The van der Waals surface area contributed by atoms with Crippen molar-refractivity contribution >= 4 is 44.0 Å². The minimum absolute atomic E-state index is 0.0143. The van der Waals surface area contributed by atoms with Gasteiger partial charge in [0.05, 0.1) is 12.1 Å². The van der Waals surface area contributed by atoms with Gasteiger partial charge in [-0.25, -0.2) is 4.39 Å². The number of nitrogens with one attached hydrogen (secondary N) is 1. The first-order valence-corrected chi connectivity index (χ1v) is 10.9. The Labute approximate surface area is 193 Å². The lowest BCUT2D eigenvalue weighted by molar-refractivity contribution is 0.277. The molecule has 4 aromatic rings. The molecule has 4 rings (SSSR count). The van der Waals surface area contributed by atoms with Crippen molar-refractivity contribution in [3.63, 3.8) is 0 Å². The summed E-state index contributed by atoms with van der Waals surface area (Å²) in [5.41, 5.74) is 2.18. The van der Waals surface area contributed by atoms with Gasteiger partial charge in [0, 0.05) is 33.2 Å². The molecule has 0 fully saturated rings. The van der Waals surface area contributed by atoms with Gasteiger partial charge in [-0.05, 0) is 35.7 Å². The Bertz CT molecular complexity index is 1210. The van der Waals surface area contributed by atoms with Crippen LogP contribution >= 0.6 is 27.5 Å². The van der Waals surface area contributed by atoms with Gasteiger partial charge in [0.1, 0.15) is 12.4 Å². The average Bonchev–Trinajstić information content (AvgIpc) is 2.78. The zero-order valence-corrected chi connectivity index (χ0v) is 19.1. The number of halogens is 3. The van der Waals surface area contributed by atoms with Crippen LogP contribution in [0, 0.1) is 5.82 Å². The molecular formula is C25H20BrClFNO2. The van der Waals surface area contributed by atoms with Crippen molar-refractivity contribution in [1.82, 2.24) is 0 Å². The number of rotatable bonds is 7. The van der Waals surface area contributed by atoms with E-state index in [0.717, 1.165) is 26.5 Å². The number of hydrogen-bond acceptors (Lipinski definition) is 3. The number of ether oxygens (including phenoxy) is 2. The fraction of sp³-hybridized carbons (Fsp3) is 0.120. The average molecular weight is 501 g/mol. The van der Waals surface area contributed by atoms with Crippen LogP contribution in [0.25, 0.3) is 10.8 Å². The number of fused-ring (bicyclic) bond motifs is 1. The van der Waals surface area contributed by atoms with Crippen molar-refractivity contribution in [2.75, 3.05) is 12.4 Å². The minimum atomic E-state index is -0.406. The Morgan fingerprint density at radius 2 is 1.71 bits per heavy atom. The highest BCUT2D eigenvalue weighted by Gasteiger charge is 2.17. The van der Waals surface area contributed by atoms with Crippen LogP contribution in [0.3, 0.4) is 0 Å². The van der Waals surface area contributed by atoms with E-state index in [1.807, 2.05) is 36.4 Å². The molecule has 158 valence electrons. The van der Waals surface area contributed by atoms with Gasteiger partial charge in [-0.3, -0.25) is 0 Å². The van der Waals surface area contributed by atoms with Crippen LogP contribution in [0.4, 0.5) is 10.1 Å². The monoisotopic (exact) mass is 499 g/mol. The van der Waals surface area contributed by atoms with E-state index in [-0.39, 0.29) is 6.61 Å². The van der Waals surface area contributed by atoms with Crippen LogP contribution in [0.15, 0.2) is 77.3 Å². The summed E-state index contributed by atoms with van der Waals surface area (Å²) in [6.45, 7) is 0.464. The highest BCUT2D eigenvalue weighted by Crippen LogP contribution is 2.38. The van der Waals surface area contributed by atoms with Gasteiger partial charge in [-0.1, -0.05) is 70.0 Å². The van der Waals surface area contributed by atoms with Crippen molar-refractivity contribution in [1.29, 1.82) is 0 Å². The van der Waals surface area contributed by atoms with Crippen molar-refractivity contribution < 1.29 is 13.9 Å². The molecule has 0 atom stereocenters. The Morgan fingerprint density at radius 3 is 2.52 bits per heavy atom. The first kappa shape index (κ1) is 21.5. The van der Waals surface area contributed by atoms with Gasteiger partial charge >= 0.3 is 0 Å². The summed E-state index contributed by atoms with van der Waals surface area (Å²) >= 11 is 9.78. The molecule has 3 nitrogen and oxygen atoms in total. The molecule has 0 aromatic heterocycles. The van der Waals surface area contributed by atoms with Crippen LogP contribution in [-0.2, 0) is 13.2 Å². The van der Waals surface area contributed by atoms with Gasteiger partial charge in [0.25, 0.3) is 0 Å². The predicted octanol–water partition coefficient (Wildman–Crippen LogP) is 7.59. The van der Waals surface area contributed by atoms with Crippen LogP contribution in [-0.4, -0.2) is 7.11 Å².